The molecular formula is C24H31ClN2O5. The lowest BCUT2D eigenvalue weighted by molar-refractivity contribution is -0.143. The van der Waals surface area contributed by atoms with Gasteiger partial charge in [0, 0.05) is 13.2 Å². The highest BCUT2D eigenvalue weighted by Crippen LogP contribution is 2.27. The predicted molar refractivity (Wildman–Crippen MR) is 125 cm³/mol. The molecule has 1 aliphatic rings. The highest BCUT2D eigenvalue weighted by molar-refractivity contribution is 5.88. The van der Waals surface area contributed by atoms with Crippen molar-refractivity contribution in [1.29, 1.82) is 0 Å². The second-order valence-electron chi connectivity index (χ2n) is 7.89. The number of amides is 1. The Kier molecular flexibility index (Phi) is 9.50. The number of carbonyl (C=O) groups excluding carboxylic acids is 1. The first kappa shape index (κ1) is 25.6. The summed E-state index contributed by atoms with van der Waals surface area (Å²) in [6.45, 7) is 3.90. The molecule has 2 N–H and O–H groups in total. The third-order valence-electron chi connectivity index (χ3n) is 5.82. The van der Waals surface area contributed by atoms with Crippen molar-refractivity contribution in [1.82, 2.24) is 10.2 Å². The van der Waals surface area contributed by atoms with Crippen LogP contribution in [0.15, 0.2) is 54.6 Å². The van der Waals surface area contributed by atoms with Gasteiger partial charge in [-0.05, 0) is 56.6 Å². The largest absolute Gasteiger partial charge is 0.492 e. The number of benzene rings is 2. The fraction of sp³-hybridized carbons (Fsp3) is 0.417. The Balaban J connectivity index is 0.00000363. The molecule has 0 bridgehead atoms. The summed E-state index contributed by atoms with van der Waals surface area (Å²) in [5, 5.41) is 12.2. The highest BCUT2D eigenvalue weighted by Gasteiger charge is 2.44. The van der Waals surface area contributed by atoms with Gasteiger partial charge < -0.3 is 19.9 Å². The van der Waals surface area contributed by atoms with E-state index in [1.54, 1.807) is 24.3 Å². The maximum atomic E-state index is 13.4. The van der Waals surface area contributed by atoms with Crippen molar-refractivity contribution in [3.05, 3.63) is 65.7 Å². The van der Waals surface area contributed by atoms with E-state index in [1.165, 1.54) is 0 Å². The van der Waals surface area contributed by atoms with E-state index in [0.717, 1.165) is 17.7 Å². The van der Waals surface area contributed by atoms with Crippen molar-refractivity contribution >= 4 is 24.3 Å². The first-order valence-electron chi connectivity index (χ1n) is 10.5. The molecule has 32 heavy (non-hydrogen) atoms. The van der Waals surface area contributed by atoms with E-state index in [1.807, 2.05) is 49.2 Å². The van der Waals surface area contributed by atoms with Crippen molar-refractivity contribution in [3.8, 4) is 5.75 Å². The fourth-order valence-corrected chi connectivity index (χ4v) is 3.79. The summed E-state index contributed by atoms with van der Waals surface area (Å²) in [5.41, 5.74) is 0.297. The van der Waals surface area contributed by atoms with Gasteiger partial charge in [0.1, 0.15) is 17.9 Å². The minimum absolute atomic E-state index is 0. The van der Waals surface area contributed by atoms with Crippen LogP contribution in [0.2, 0.25) is 0 Å². The van der Waals surface area contributed by atoms with Gasteiger partial charge in [-0.15, -0.1) is 12.4 Å². The number of ether oxygens (including phenoxy) is 2. The van der Waals surface area contributed by atoms with Crippen LogP contribution in [0.4, 0.5) is 0 Å². The van der Waals surface area contributed by atoms with Crippen LogP contribution in [-0.2, 0) is 9.53 Å². The summed E-state index contributed by atoms with van der Waals surface area (Å²) >= 11 is 0. The van der Waals surface area contributed by atoms with Gasteiger partial charge in [0.05, 0.1) is 18.2 Å². The van der Waals surface area contributed by atoms with Crippen LogP contribution in [0.25, 0.3) is 0 Å². The van der Waals surface area contributed by atoms with Crippen LogP contribution in [0.3, 0.4) is 0 Å². The van der Waals surface area contributed by atoms with E-state index in [2.05, 4.69) is 5.32 Å². The monoisotopic (exact) mass is 462 g/mol. The molecule has 0 spiro atoms. The Hall–Kier alpha value is -2.61. The number of halogens is 1. The van der Waals surface area contributed by atoms with Gasteiger partial charge in [0.25, 0.3) is 0 Å². The number of hydrogen-bond donors (Lipinski definition) is 2. The average molecular weight is 463 g/mol. The highest BCUT2D eigenvalue weighted by atomic mass is 35.5. The molecule has 7 nitrogen and oxygen atoms in total. The van der Waals surface area contributed by atoms with Crippen LogP contribution >= 0.6 is 12.4 Å². The van der Waals surface area contributed by atoms with Crippen LogP contribution in [0, 0.1) is 0 Å². The molecule has 0 radical (unpaired) electrons. The molecule has 3 rings (SSSR count). The second-order valence-corrected chi connectivity index (χ2v) is 7.89. The molecule has 8 heteroatoms. The number of aromatic carboxylic acids is 1. The quantitative estimate of drug-likeness (QED) is 0.592. The van der Waals surface area contributed by atoms with Gasteiger partial charge in [-0.1, -0.05) is 30.3 Å². The predicted octanol–water partition coefficient (Wildman–Crippen LogP) is 3.54. The zero-order valence-corrected chi connectivity index (χ0v) is 19.3. The summed E-state index contributed by atoms with van der Waals surface area (Å²) in [6.07, 6.45) is 1.50. The zero-order chi connectivity index (χ0) is 22.3. The van der Waals surface area contributed by atoms with Crippen molar-refractivity contribution in [2.75, 3.05) is 33.4 Å². The second kappa shape index (κ2) is 11.9. The normalized spacial score (nSPS) is 19.0. The smallest absolute Gasteiger partial charge is 0.335 e. The third-order valence-corrected chi connectivity index (χ3v) is 5.82. The fourth-order valence-electron chi connectivity index (χ4n) is 3.79. The van der Waals surface area contributed by atoms with E-state index in [-0.39, 0.29) is 29.9 Å². The molecule has 0 aliphatic carbocycles. The van der Waals surface area contributed by atoms with Gasteiger partial charge in [0.15, 0.2) is 0 Å². The lowest BCUT2D eigenvalue weighted by Crippen LogP contribution is -2.62. The standard InChI is InChI=1S/C24H30N2O5.ClH/c1-18(19-9-11-20(12-10-19)22(27)28)25-23(29)24(13-6-15-30-17-24)26(2)14-16-31-21-7-4-3-5-8-21;/h3-5,7-12,18H,6,13-17H2,1-2H3,(H,25,29)(H,27,28);1H/t18-,24?;/m0./s1. The van der Waals surface area contributed by atoms with Crippen LogP contribution in [0.1, 0.15) is 41.7 Å². The van der Waals surface area contributed by atoms with Gasteiger partial charge in [-0.25, -0.2) is 4.79 Å². The summed E-state index contributed by atoms with van der Waals surface area (Å²) in [4.78, 5) is 26.5. The Bertz CT molecular complexity index is 870. The lowest BCUT2D eigenvalue weighted by Gasteiger charge is -2.43. The molecule has 1 saturated heterocycles. The van der Waals surface area contributed by atoms with Gasteiger partial charge >= 0.3 is 5.97 Å². The summed E-state index contributed by atoms with van der Waals surface area (Å²) in [5.74, 6) is -0.266. The Labute approximate surface area is 195 Å². The van der Waals surface area contributed by atoms with Crippen molar-refractivity contribution in [2.24, 2.45) is 0 Å². The maximum Gasteiger partial charge on any atom is 0.335 e. The number of likely N-dealkylation sites (N-methyl/N-ethyl adjacent to an activating group) is 1. The van der Waals surface area contributed by atoms with Gasteiger partial charge in [-0.2, -0.15) is 0 Å². The van der Waals surface area contributed by atoms with Crippen LogP contribution < -0.4 is 10.1 Å². The number of nitrogens with zero attached hydrogens (tertiary/aromatic N) is 1. The minimum atomic E-state index is -0.971. The minimum Gasteiger partial charge on any atom is -0.492 e. The Morgan fingerprint density at radius 2 is 1.88 bits per heavy atom. The molecule has 2 aromatic rings. The van der Waals surface area contributed by atoms with Crippen LogP contribution in [-0.4, -0.2) is 60.8 Å². The summed E-state index contributed by atoms with van der Waals surface area (Å²) in [7, 11) is 1.93. The van der Waals surface area contributed by atoms with Crippen molar-refractivity contribution < 1.29 is 24.2 Å². The molecule has 1 fully saturated rings. The molecule has 0 aromatic heterocycles. The molecular weight excluding hydrogens is 432 g/mol. The molecule has 1 aliphatic heterocycles. The van der Waals surface area contributed by atoms with Crippen molar-refractivity contribution in [2.45, 2.75) is 31.3 Å². The summed E-state index contributed by atoms with van der Waals surface area (Å²) < 4.78 is 11.5. The average Bonchev–Trinajstić information content (AvgIpc) is 2.80. The van der Waals surface area contributed by atoms with E-state index >= 15 is 0 Å². The van der Waals surface area contributed by atoms with E-state index < -0.39 is 11.5 Å². The molecule has 0 saturated carbocycles. The molecule has 2 aromatic carbocycles. The van der Waals surface area contributed by atoms with E-state index in [4.69, 9.17) is 14.6 Å². The van der Waals surface area contributed by atoms with E-state index in [9.17, 15) is 9.59 Å². The maximum absolute atomic E-state index is 13.4. The van der Waals surface area contributed by atoms with Crippen molar-refractivity contribution in [3.63, 3.8) is 0 Å². The molecule has 1 heterocycles. The molecule has 2 atom stereocenters. The number of hydrogen-bond acceptors (Lipinski definition) is 5. The number of carboxylic acid groups (broad SMARTS) is 1. The molecule has 1 amide bonds. The SMILES string of the molecule is C[C@H](NC(=O)C1(N(C)CCOc2ccccc2)CCCOC1)c1ccc(C(=O)O)cc1.Cl. The topological polar surface area (TPSA) is 88.1 Å². The Morgan fingerprint density at radius 1 is 1.19 bits per heavy atom. The lowest BCUT2D eigenvalue weighted by atomic mass is 9.89. The number of rotatable bonds is 9. The first-order chi connectivity index (χ1) is 14.9. The van der Waals surface area contributed by atoms with Gasteiger partial charge in [0.2, 0.25) is 5.91 Å². The first-order valence-corrected chi connectivity index (χ1v) is 10.5. The number of nitrogens with one attached hydrogen (secondary N) is 1. The molecule has 174 valence electrons. The summed E-state index contributed by atoms with van der Waals surface area (Å²) in [6, 6.07) is 15.9. The van der Waals surface area contributed by atoms with E-state index in [0.29, 0.717) is 32.8 Å². The van der Waals surface area contributed by atoms with Crippen LogP contribution in [0.5, 0.6) is 5.75 Å². The Morgan fingerprint density at radius 3 is 2.47 bits per heavy atom. The number of carboxylic acids is 1. The molecule has 1 unspecified atom stereocenters. The third kappa shape index (κ3) is 6.22. The van der Waals surface area contributed by atoms with Gasteiger partial charge in [-0.3, -0.25) is 9.69 Å². The zero-order valence-electron chi connectivity index (χ0n) is 18.5. The number of para-hydroxylation sites is 1. The number of carbonyl (C=O) groups is 2.